The summed E-state index contributed by atoms with van der Waals surface area (Å²) in [6.45, 7) is 3.90. The molecule has 2 aliphatic rings. The van der Waals surface area contributed by atoms with Crippen LogP contribution in [0.4, 0.5) is 24.7 Å². The number of ether oxygens (including phenoxy) is 2. The summed E-state index contributed by atoms with van der Waals surface area (Å²) in [6, 6.07) is 8.14. The number of hydrogen-bond donors (Lipinski definition) is 2. The van der Waals surface area contributed by atoms with Crippen LogP contribution >= 0.6 is 0 Å². The standard InChI is InChI=1S/C23H25F3N4O4/c24-23(25,26)17-12-19(34-22(32)16-5-6-27-13-16)21(28-14-17)29-20(31)11-15-1-3-18(4-2-15)30-7-9-33-10-8-30/h1-4,12,14,16,27H,5-11,13H2,(H,28,29,31). The summed E-state index contributed by atoms with van der Waals surface area (Å²) in [5.41, 5.74) is 0.668. The van der Waals surface area contributed by atoms with Crippen LogP contribution in [0.25, 0.3) is 0 Å². The Kier molecular flexibility index (Phi) is 7.32. The largest absolute Gasteiger partial charge is 0.422 e. The minimum absolute atomic E-state index is 0.0218. The summed E-state index contributed by atoms with van der Waals surface area (Å²) in [5, 5.41) is 5.47. The summed E-state index contributed by atoms with van der Waals surface area (Å²) in [6.07, 6.45) is -3.57. The van der Waals surface area contributed by atoms with Crippen LogP contribution in [-0.4, -0.2) is 56.3 Å². The second-order valence-electron chi connectivity index (χ2n) is 8.17. The van der Waals surface area contributed by atoms with Crippen molar-refractivity contribution in [1.82, 2.24) is 10.3 Å². The van der Waals surface area contributed by atoms with Gasteiger partial charge in [-0.05, 0) is 36.7 Å². The van der Waals surface area contributed by atoms with Crippen LogP contribution in [-0.2, 0) is 26.9 Å². The van der Waals surface area contributed by atoms with E-state index < -0.39 is 35.3 Å². The topological polar surface area (TPSA) is 92.8 Å². The predicted molar refractivity (Wildman–Crippen MR) is 118 cm³/mol. The maximum atomic E-state index is 13.2. The average Bonchev–Trinajstić information content (AvgIpc) is 3.36. The van der Waals surface area contributed by atoms with Gasteiger partial charge in [0, 0.05) is 31.5 Å². The minimum atomic E-state index is -4.67. The Labute approximate surface area is 194 Å². The molecule has 0 bridgehead atoms. The third-order valence-electron chi connectivity index (χ3n) is 5.72. The van der Waals surface area contributed by atoms with Gasteiger partial charge in [0.05, 0.1) is 31.1 Å². The lowest BCUT2D eigenvalue weighted by molar-refractivity contribution is -0.140. The van der Waals surface area contributed by atoms with E-state index in [1.165, 1.54) is 0 Å². The molecule has 2 N–H and O–H groups in total. The number of halogens is 3. The smallest absolute Gasteiger partial charge is 0.418 e. The molecule has 0 radical (unpaired) electrons. The van der Waals surface area contributed by atoms with Gasteiger partial charge in [-0.15, -0.1) is 0 Å². The number of amides is 1. The SMILES string of the molecule is O=C(Cc1ccc(N2CCOCC2)cc1)Nc1ncc(C(F)(F)F)cc1OC(=O)C1CCNC1. The van der Waals surface area contributed by atoms with Gasteiger partial charge in [-0.25, -0.2) is 4.98 Å². The molecule has 2 saturated heterocycles. The number of aromatic nitrogens is 1. The van der Waals surface area contributed by atoms with Crippen molar-refractivity contribution in [2.45, 2.75) is 19.0 Å². The highest BCUT2D eigenvalue weighted by Crippen LogP contribution is 2.34. The third kappa shape index (κ3) is 6.03. The predicted octanol–water partition coefficient (Wildman–Crippen LogP) is 2.63. The van der Waals surface area contributed by atoms with Gasteiger partial charge in [0.25, 0.3) is 0 Å². The Morgan fingerprint density at radius 2 is 1.94 bits per heavy atom. The van der Waals surface area contributed by atoms with Crippen LogP contribution in [0.5, 0.6) is 5.75 Å². The number of pyridine rings is 1. The number of benzene rings is 1. The molecule has 11 heteroatoms. The zero-order valence-corrected chi connectivity index (χ0v) is 18.4. The van der Waals surface area contributed by atoms with Gasteiger partial charge < -0.3 is 25.0 Å². The highest BCUT2D eigenvalue weighted by molar-refractivity contribution is 5.93. The van der Waals surface area contributed by atoms with Crippen LogP contribution in [0.3, 0.4) is 0 Å². The second-order valence-corrected chi connectivity index (χ2v) is 8.17. The maximum absolute atomic E-state index is 13.2. The Morgan fingerprint density at radius 1 is 1.21 bits per heavy atom. The Morgan fingerprint density at radius 3 is 2.59 bits per heavy atom. The number of alkyl halides is 3. The van der Waals surface area contributed by atoms with Crippen molar-refractivity contribution < 1.29 is 32.2 Å². The lowest BCUT2D eigenvalue weighted by atomic mass is 10.1. The molecule has 4 rings (SSSR count). The number of nitrogens with zero attached hydrogens (tertiary/aromatic N) is 2. The van der Waals surface area contributed by atoms with Gasteiger partial charge in [-0.3, -0.25) is 9.59 Å². The number of anilines is 2. The fraction of sp³-hybridized carbons (Fsp3) is 0.435. The summed E-state index contributed by atoms with van der Waals surface area (Å²) in [7, 11) is 0. The van der Waals surface area contributed by atoms with Gasteiger partial charge in [0.2, 0.25) is 5.91 Å². The van der Waals surface area contributed by atoms with Crippen molar-refractivity contribution in [3.8, 4) is 5.75 Å². The molecule has 2 aromatic rings. The van der Waals surface area contributed by atoms with Crippen molar-refractivity contribution in [1.29, 1.82) is 0 Å². The first-order valence-electron chi connectivity index (χ1n) is 11.0. The summed E-state index contributed by atoms with van der Waals surface area (Å²) >= 11 is 0. The van der Waals surface area contributed by atoms with Crippen LogP contribution in [0.2, 0.25) is 0 Å². The molecule has 1 atom stereocenters. The van der Waals surface area contributed by atoms with Gasteiger partial charge in [-0.1, -0.05) is 12.1 Å². The van der Waals surface area contributed by atoms with Crippen molar-refractivity contribution in [2.75, 3.05) is 49.6 Å². The van der Waals surface area contributed by atoms with E-state index in [4.69, 9.17) is 9.47 Å². The van der Waals surface area contributed by atoms with E-state index in [-0.39, 0.29) is 12.2 Å². The highest BCUT2D eigenvalue weighted by atomic mass is 19.4. The zero-order valence-electron chi connectivity index (χ0n) is 18.4. The normalized spacial score (nSPS) is 18.6. The molecule has 1 aromatic carbocycles. The van der Waals surface area contributed by atoms with Gasteiger partial charge in [-0.2, -0.15) is 13.2 Å². The number of morpholine rings is 1. The molecule has 8 nitrogen and oxygen atoms in total. The number of esters is 1. The summed E-state index contributed by atoms with van der Waals surface area (Å²) < 4.78 is 50.1. The lowest BCUT2D eigenvalue weighted by Gasteiger charge is -2.28. The number of rotatable bonds is 6. The van der Waals surface area contributed by atoms with Crippen LogP contribution in [0, 0.1) is 5.92 Å². The van der Waals surface area contributed by atoms with E-state index >= 15 is 0 Å². The number of carbonyl (C=O) groups excluding carboxylic acids is 2. The fourth-order valence-corrected chi connectivity index (χ4v) is 3.83. The van der Waals surface area contributed by atoms with E-state index in [0.717, 1.165) is 24.3 Å². The van der Waals surface area contributed by atoms with Gasteiger partial charge in [0.15, 0.2) is 11.6 Å². The first-order chi connectivity index (χ1) is 16.3. The fourth-order valence-electron chi connectivity index (χ4n) is 3.83. The van der Waals surface area contributed by atoms with Gasteiger partial charge >= 0.3 is 12.1 Å². The molecule has 0 aliphatic carbocycles. The van der Waals surface area contributed by atoms with Crippen LogP contribution in [0.1, 0.15) is 17.5 Å². The second kappa shape index (κ2) is 10.4. The zero-order chi connectivity index (χ0) is 24.1. The molecule has 1 unspecified atom stereocenters. The van der Waals surface area contributed by atoms with E-state index in [1.54, 1.807) is 0 Å². The van der Waals surface area contributed by atoms with Gasteiger partial charge in [0.1, 0.15) is 0 Å². The number of nitrogens with one attached hydrogen (secondary N) is 2. The molecular formula is C23H25F3N4O4. The monoisotopic (exact) mass is 478 g/mol. The first-order valence-corrected chi connectivity index (χ1v) is 11.0. The number of hydrogen-bond acceptors (Lipinski definition) is 7. The third-order valence-corrected chi connectivity index (χ3v) is 5.72. The molecule has 3 heterocycles. The van der Waals surface area contributed by atoms with E-state index in [1.807, 2.05) is 24.3 Å². The average molecular weight is 478 g/mol. The molecular weight excluding hydrogens is 453 g/mol. The van der Waals surface area contributed by atoms with Crippen molar-refractivity contribution in [2.24, 2.45) is 5.92 Å². The molecule has 0 spiro atoms. The van der Waals surface area contributed by atoms with E-state index in [2.05, 4.69) is 20.5 Å². The summed E-state index contributed by atoms with van der Waals surface area (Å²) in [5.74, 6) is -2.29. The lowest BCUT2D eigenvalue weighted by Crippen LogP contribution is -2.36. The van der Waals surface area contributed by atoms with E-state index in [9.17, 15) is 22.8 Å². The maximum Gasteiger partial charge on any atom is 0.418 e. The van der Waals surface area contributed by atoms with Crippen molar-refractivity contribution in [3.05, 3.63) is 47.7 Å². The van der Waals surface area contributed by atoms with Crippen molar-refractivity contribution >= 4 is 23.4 Å². The van der Waals surface area contributed by atoms with Crippen molar-refractivity contribution in [3.63, 3.8) is 0 Å². The molecule has 182 valence electrons. The Hall–Kier alpha value is -3.18. The summed E-state index contributed by atoms with van der Waals surface area (Å²) in [4.78, 5) is 30.9. The quantitative estimate of drug-likeness (QED) is 0.617. The molecule has 1 amide bonds. The highest BCUT2D eigenvalue weighted by Gasteiger charge is 2.33. The molecule has 34 heavy (non-hydrogen) atoms. The number of carbonyl (C=O) groups is 2. The minimum Gasteiger partial charge on any atom is -0.422 e. The van der Waals surface area contributed by atoms with Crippen LogP contribution in [0.15, 0.2) is 36.5 Å². The first kappa shape index (κ1) is 24.0. The molecule has 2 aliphatic heterocycles. The molecule has 0 saturated carbocycles. The van der Waals surface area contributed by atoms with E-state index in [0.29, 0.717) is 45.0 Å². The Bertz CT molecular complexity index is 1020. The molecule has 1 aromatic heterocycles. The Balaban J connectivity index is 1.44. The van der Waals surface area contributed by atoms with Crippen LogP contribution < -0.4 is 20.3 Å². The molecule has 2 fully saturated rings.